The zero-order valence-corrected chi connectivity index (χ0v) is 15.3. The second kappa shape index (κ2) is 8.01. The monoisotopic (exact) mass is 348 g/mol. The van der Waals surface area contributed by atoms with Crippen LogP contribution >= 0.6 is 0 Å². The molecule has 5 heteroatoms. The highest BCUT2D eigenvalue weighted by Gasteiger charge is 2.22. The van der Waals surface area contributed by atoms with Crippen molar-refractivity contribution in [3.8, 4) is 6.07 Å². The van der Waals surface area contributed by atoms with E-state index in [1.807, 2.05) is 32.0 Å². The van der Waals surface area contributed by atoms with Crippen molar-refractivity contribution < 1.29 is 4.79 Å². The number of hydrogen-bond acceptors (Lipinski definition) is 4. The molecular formula is C21H24N4O. The highest BCUT2D eigenvalue weighted by molar-refractivity contribution is 5.94. The summed E-state index contributed by atoms with van der Waals surface area (Å²) in [6, 6.07) is 11.6. The Bertz CT molecular complexity index is 832. The van der Waals surface area contributed by atoms with Gasteiger partial charge in [0, 0.05) is 31.4 Å². The van der Waals surface area contributed by atoms with Crippen LogP contribution in [0.3, 0.4) is 0 Å². The Morgan fingerprint density at radius 2 is 2.04 bits per heavy atom. The van der Waals surface area contributed by atoms with Crippen molar-refractivity contribution in [2.24, 2.45) is 5.92 Å². The van der Waals surface area contributed by atoms with E-state index in [0.29, 0.717) is 18.0 Å². The van der Waals surface area contributed by atoms with Crippen LogP contribution in [0.4, 0.5) is 5.82 Å². The number of nitrogens with one attached hydrogen (secondary N) is 1. The number of nitriles is 1. The van der Waals surface area contributed by atoms with Gasteiger partial charge in [-0.1, -0.05) is 6.07 Å². The first kappa shape index (κ1) is 17.9. The SMILES string of the molecule is Cc1ccc(C(=O)NCC2CCN(c3ncccc3C#N)CC2)cc1C. The lowest BCUT2D eigenvalue weighted by Crippen LogP contribution is -2.39. The number of anilines is 1. The van der Waals surface area contributed by atoms with Crippen LogP contribution in [0.2, 0.25) is 0 Å². The Morgan fingerprint density at radius 3 is 2.73 bits per heavy atom. The van der Waals surface area contributed by atoms with Crippen molar-refractivity contribution in [1.82, 2.24) is 10.3 Å². The summed E-state index contributed by atoms with van der Waals surface area (Å²) in [5.74, 6) is 1.22. The molecule has 26 heavy (non-hydrogen) atoms. The van der Waals surface area contributed by atoms with Crippen molar-refractivity contribution in [2.75, 3.05) is 24.5 Å². The molecule has 0 spiro atoms. The number of hydrogen-bond donors (Lipinski definition) is 1. The van der Waals surface area contributed by atoms with Gasteiger partial charge in [0.25, 0.3) is 5.91 Å². The van der Waals surface area contributed by atoms with E-state index in [4.69, 9.17) is 0 Å². The molecule has 1 fully saturated rings. The van der Waals surface area contributed by atoms with E-state index in [0.717, 1.165) is 42.9 Å². The number of carbonyl (C=O) groups is 1. The smallest absolute Gasteiger partial charge is 0.251 e. The standard InChI is InChI=1S/C21H24N4O/c1-15-5-6-18(12-16(15)2)21(26)24-14-17-7-10-25(11-8-17)20-19(13-22)4-3-9-23-20/h3-6,9,12,17H,7-8,10-11,14H2,1-2H3,(H,24,26). The predicted molar refractivity (Wildman–Crippen MR) is 102 cm³/mol. The summed E-state index contributed by atoms with van der Waals surface area (Å²) in [5.41, 5.74) is 3.67. The lowest BCUT2D eigenvalue weighted by molar-refractivity contribution is 0.0945. The highest BCUT2D eigenvalue weighted by Crippen LogP contribution is 2.23. The maximum absolute atomic E-state index is 12.4. The summed E-state index contributed by atoms with van der Waals surface area (Å²) in [7, 11) is 0. The molecule has 2 aromatic rings. The number of benzene rings is 1. The van der Waals surface area contributed by atoms with Gasteiger partial charge < -0.3 is 10.2 Å². The minimum atomic E-state index is -0.00739. The Labute approximate surface area is 154 Å². The minimum Gasteiger partial charge on any atom is -0.356 e. The molecule has 0 saturated carbocycles. The summed E-state index contributed by atoms with van der Waals surface area (Å²) in [5, 5.41) is 12.3. The molecule has 0 bridgehead atoms. The molecular weight excluding hydrogens is 324 g/mol. The first-order chi connectivity index (χ1) is 12.6. The summed E-state index contributed by atoms with van der Waals surface area (Å²) >= 11 is 0. The summed E-state index contributed by atoms with van der Waals surface area (Å²) < 4.78 is 0. The number of carbonyl (C=O) groups excluding carboxylic acids is 1. The van der Waals surface area contributed by atoms with E-state index in [-0.39, 0.29) is 5.91 Å². The Hall–Kier alpha value is -2.87. The van der Waals surface area contributed by atoms with Crippen LogP contribution in [0.1, 0.15) is 39.9 Å². The third kappa shape index (κ3) is 4.02. The van der Waals surface area contributed by atoms with Crippen LogP contribution in [0, 0.1) is 31.1 Å². The molecule has 1 aliphatic rings. The quantitative estimate of drug-likeness (QED) is 0.921. The summed E-state index contributed by atoms with van der Waals surface area (Å²) in [4.78, 5) is 18.9. The summed E-state index contributed by atoms with van der Waals surface area (Å²) in [6.45, 7) is 6.47. The third-order valence-electron chi connectivity index (χ3n) is 5.14. The molecule has 1 aliphatic heterocycles. The van der Waals surface area contributed by atoms with Crippen molar-refractivity contribution in [1.29, 1.82) is 5.26 Å². The van der Waals surface area contributed by atoms with Crippen molar-refractivity contribution in [3.63, 3.8) is 0 Å². The number of aryl methyl sites for hydroxylation is 2. The molecule has 1 N–H and O–H groups in total. The van der Waals surface area contributed by atoms with Gasteiger partial charge in [0.1, 0.15) is 11.9 Å². The maximum atomic E-state index is 12.4. The minimum absolute atomic E-state index is 0.00739. The van der Waals surface area contributed by atoms with Gasteiger partial charge in [-0.2, -0.15) is 5.26 Å². The van der Waals surface area contributed by atoms with Gasteiger partial charge in [0.05, 0.1) is 5.56 Å². The molecule has 1 aromatic heterocycles. The van der Waals surface area contributed by atoms with Crippen LogP contribution in [0.25, 0.3) is 0 Å². The zero-order valence-electron chi connectivity index (χ0n) is 15.3. The van der Waals surface area contributed by atoms with Gasteiger partial charge in [-0.3, -0.25) is 4.79 Å². The molecule has 0 aliphatic carbocycles. The van der Waals surface area contributed by atoms with Gasteiger partial charge >= 0.3 is 0 Å². The average molecular weight is 348 g/mol. The fraction of sp³-hybridized carbons (Fsp3) is 0.381. The van der Waals surface area contributed by atoms with E-state index >= 15 is 0 Å². The predicted octanol–water partition coefficient (Wildman–Crippen LogP) is 3.22. The van der Waals surface area contributed by atoms with Gasteiger partial charge in [0.15, 0.2) is 0 Å². The summed E-state index contributed by atoms with van der Waals surface area (Å²) in [6.07, 6.45) is 3.69. The number of pyridine rings is 1. The van der Waals surface area contributed by atoms with Crippen LogP contribution in [-0.4, -0.2) is 30.5 Å². The van der Waals surface area contributed by atoms with Crippen LogP contribution in [0.15, 0.2) is 36.5 Å². The molecule has 2 heterocycles. The van der Waals surface area contributed by atoms with Gasteiger partial charge in [-0.15, -0.1) is 0 Å². The second-order valence-electron chi connectivity index (χ2n) is 6.93. The number of piperidine rings is 1. The molecule has 0 unspecified atom stereocenters. The molecule has 1 amide bonds. The lowest BCUT2D eigenvalue weighted by Gasteiger charge is -2.33. The maximum Gasteiger partial charge on any atom is 0.251 e. The van der Waals surface area contributed by atoms with Crippen LogP contribution in [-0.2, 0) is 0 Å². The molecule has 0 atom stereocenters. The topological polar surface area (TPSA) is 69.0 Å². The van der Waals surface area contributed by atoms with Gasteiger partial charge in [-0.05, 0) is 68.0 Å². The van der Waals surface area contributed by atoms with Crippen LogP contribution in [0.5, 0.6) is 0 Å². The molecule has 1 aromatic carbocycles. The lowest BCUT2D eigenvalue weighted by atomic mass is 9.96. The number of nitrogens with zero attached hydrogens (tertiary/aromatic N) is 3. The van der Waals surface area contributed by atoms with E-state index in [9.17, 15) is 10.1 Å². The average Bonchev–Trinajstić information content (AvgIpc) is 2.68. The van der Waals surface area contributed by atoms with E-state index < -0.39 is 0 Å². The third-order valence-corrected chi connectivity index (χ3v) is 5.14. The number of rotatable bonds is 4. The Kier molecular flexibility index (Phi) is 5.52. The number of aromatic nitrogens is 1. The zero-order chi connectivity index (χ0) is 18.5. The van der Waals surface area contributed by atoms with Crippen molar-refractivity contribution in [3.05, 3.63) is 58.8 Å². The normalized spacial score (nSPS) is 14.7. The van der Waals surface area contributed by atoms with Gasteiger partial charge in [0.2, 0.25) is 0 Å². The highest BCUT2D eigenvalue weighted by atomic mass is 16.1. The van der Waals surface area contributed by atoms with Crippen molar-refractivity contribution in [2.45, 2.75) is 26.7 Å². The molecule has 134 valence electrons. The largest absolute Gasteiger partial charge is 0.356 e. The van der Waals surface area contributed by atoms with Crippen LogP contribution < -0.4 is 10.2 Å². The number of amides is 1. The molecule has 0 radical (unpaired) electrons. The first-order valence-electron chi connectivity index (χ1n) is 9.04. The first-order valence-corrected chi connectivity index (χ1v) is 9.04. The van der Waals surface area contributed by atoms with Crippen molar-refractivity contribution >= 4 is 11.7 Å². The van der Waals surface area contributed by atoms with Gasteiger partial charge in [-0.25, -0.2) is 4.98 Å². The van der Waals surface area contributed by atoms with E-state index in [1.54, 1.807) is 18.3 Å². The molecule has 1 saturated heterocycles. The fourth-order valence-electron chi connectivity index (χ4n) is 3.31. The Balaban J connectivity index is 1.52. The van der Waals surface area contributed by atoms with E-state index in [1.165, 1.54) is 5.56 Å². The fourth-order valence-corrected chi connectivity index (χ4v) is 3.31. The second-order valence-corrected chi connectivity index (χ2v) is 6.93. The molecule has 3 rings (SSSR count). The van der Waals surface area contributed by atoms with E-state index in [2.05, 4.69) is 21.3 Å². The molecule has 5 nitrogen and oxygen atoms in total. The Morgan fingerprint density at radius 1 is 1.27 bits per heavy atom.